The summed E-state index contributed by atoms with van der Waals surface area (Å²) in [6.45, 7) is 5.65. The number of aromatic nitrogens is 1. The summed E-state index contributed by atoms with van der Waals surface area (Å²) in [5.74, 6) is 0. The van der Waals surface area contributed by atoms with E-state index in [2.05, 4.69) is 16.4 Å². The van der Waals surface area contributed by atoms with Crippen LogP contribution in [0, 0.1) is 13.8 Å². The van der Waals surface area contributed by atoms with Crippen LogP contribution in [0.25, 0.3) is 0 Å². The van der Waals surface area contributed by atoms with Crippen LogP contribution >= 0.6 is 0 Å². The molecule has 1 aliphatic rings. The number of hydrogen-bond acceptors (Lipinski definition) is 3. The van der Waals surface area contributed by atoms with Crippen molar-refractivity contribution in [2.75, 3.05) is 32.5 Å². The Morgan fingerprint density at radius 1 is 1.30 bits per heavy atom. The number of rotatable bonds is 2. The first-order valence-corrected chi connectivity index (χ1v) is 7.14. The maximum absolute atomic E-state index is 11.9. The summed E-state index contributed by atoms with van der Waals surface area (Å²) < 4.78 is 0. The van der Waals surface area contributed by atoms with Crippen molar-refractivity contribution in [1.82, 2.24) is 14.8 Å². The van der Waals surface area contributed by atoms with E-state index in [0.29, 0.717) is 6.04 Å². The molecule has 1 saturated heterocycles. The number of amides is 2. The van der Waals surface area contributed by atoms with Crippen LogP contribution in [0.15, 0.2) is 12.1 Å². The van der Waals surface area contributed by atoms with Crippen molar-refractivity contribution >= 4 is 11.7 Å². The van der Waals surface area contributed by atoms with Gasteiger partial charge in [-0.3, -0.25) is 4.98 Å². The van der Waals surface area contributed by atoms with Gasteiger partial charge in [0.1, 0.15) is 0 Å². The van der Waals surface area contributed by atoms with Gasteiger partial charge >= 0.3 is 6.03 Å². The van der Waals surface area contributed by atoms with Crippen LogP contribution in [-0.4, -0.2) is 54.0 Å². The lowest BCUT2D eigenvalue weighted by Gasteiger charge is -2.34. The van der Waals surface area contributed by atoms with Crippen LogP contribution in [0.5, 0.6) is 0 Å². The van der Waals surface area contributed by atoms with Gasteiger partial charge in [-0.1, -0.05) is 0 Å². The Balaban J connectivity index is 1.90. The number of carbonyl (C=O) groups is 1. The molecule has 5 nitrogen and oxygen atoms in total. The van der Waals surface area contributed by atoms with Gasteiger partial charge < -0.3 is 15.1 Å². The molecule has 1 aromatic rings. The summed E-state index contributed by atoms with van der Waals surface area (Å²) in [6, 6.07) is 4.65. The van der Waals surface area contributed by atoms with E-state index in [4.69, 9.17) is 0 Å². The van der Waals surface area contributed by atoms with Gasteiger partial charge in [0.05, 0.1) is 11.4 Å². The highest BCUT2D eigenvalue weighted by atomic mass is 16.2. The third-order valence-corrected chi connectivity index (χ3v) is 3.73. The molecule has 110 valence electrons. The first-order valence-electron chi connectivity index (χ1n) is 7.14. The number of nitrogens with zero attached hydrogens (tertiary/aromatic N) is 3. The molecule has 0 atom stereocenters. The first kappa shape index (κ1) is 14.6. The second-order valence-electron chi connectivity index (χ2n) is 5.67. The average molecular weight is 276 g/mol. The van der Waals surface area contributed by atoms with E-state index in [0.717, 1.165) is 43.0 Å². The van der Waals surface area contributed by atoms with E-state index in [1.54, 1.807) is 19.0 Å². The number of pyridine rings is 1. The third-order valence-electron chi connectivity index (χ3n) is 3.73. The van der Waals surface area contributed by atoms with Crippen LogP contribution in [0.3, 0.4) is 0 Å². The molecule has 0 aliphatic carbocycles. The van der Waals surface area contributed by atoms with Crippen molar-refractivity contribution in [3.05, 3.63) is 23.5 Å². The molecule has 5 heteroatoms. The Morgan fingerprint density at radius 2 is 1.95 bits per heavy atom. The standard InChI is InChI=1S/C15H24N4O/c1-11-5-6-14(12(2)16-11)17-13-7-9-19(10-8-13)15(20)18(3)4/h5-6,13,17H,7-10H2,1-4H3. The molecule has 0 radical (unpaired) electrons. The van der Waals surface area contributed by atoms with E-state index in [9.17, 15) is 4.79 Å². The molecule has 0 aromatic carbocycles. The SMILES string of the molecule is Cc1ccc(NC2CCN(C(=O)N(C)C)CC2)c(C)n1. The number of urea groups is 1. The smallest absolute Gasteiger partial charge is 0.319 e. The number of aryl methyl sites for hydroxylation is 2. The average Bonchev–Trinajstić information content (AvgIpc) is 2.42. The molecule has 2 rings (SSSR count). The lowest BCUT2D eigenvalue weighted by molar-refractivity contribution is 0.158. The molecule has 1 fully saturated rings. The van der Waals surface area contributed by atoms with Crippen molar-refractivity contribution < 1.29 is 4.79 Å². The number of likely N-dealkylation sites (tertiary alicyclic amines) is 1. The summed E-state index contributed by atoms with van der Waals surface area (Å²) in [7, 11) is 3.60. The monoisotopic (exact) mass is 276 g/mol. The quantitative estimate of drug-likeness (QED) is 0.901. The Kier molecular flexibility index (Phi) is 4.47. The third kappa shape index (κ3) is 3.40. The van der Waals surface area contributed by atoms with Crippen LogP contribution in [0.1, 0.15) is 24.2 Å². The van der Waals surface area contributed by atoms with Gasteiger partial charge in [0.15, 0.2) is 0 Å². The van der Waals surface area contributed by atoms with Crippen LogP contribution in [-0.2, 0) is 0 Å². The van der Waals surface area contributed by atoms with Gasteiger partial charge in [0.2, 0.25) is 0 Å². The number of nitrogens with one attached hydrogen (secondary N) is 1. The van der Waals surface area contributed by atoms with Gasteiger partial charge in [-0.25, -0.2) is 4.79 Å². The lowest BCUT2D eigenvalue weighted by atomic mass is 10.0. The van der Waals surface area contributed by atoms with E-state index in [1.807, 2.05) is 24.8 Å². The zero-order valence-electron chi connectivity index (χ0n) is 12.8. The summed E-state index contributed by atoms with van der Waals surface area (Å²) >= 11 is 0. The maximum atomic E-state index is 11.9. The number of anilines is 1. The van der Waals surface area contributed by atoms with Crippen molar-refractivity contribution in [1.29, 1.82) is 0 Å². The normalized spacial score (nSPS) is 16.1. The van der Waals surface area contributed by atoms with Crippen LogP contribution < -0.4 is 5.32 Å². The zero-order chi connectivity index (χ0) is 14.7. The lowest BCUT2D eigenvalue weighted by Crippen LogP contribution is -2.46. The van der Waals surface area contributed by atoms with Crippen molar-refractivity contribution in [2.45, 2.75) is 32.7 Å². The number of carbonyl (C=O) groups excluding carboxylic acids is 1. The first-order chi connectivity index (χ1) is 9.47. The molecular weight excluding hydrogens is 252 g/mol. The van der Waals surface area contributed by atoms with E-state index in [1.165, 1.54) is 0 Å². The minimum atomic E-state index is 0.108. The topological polar surface area (TPSA) is 48.5 Å². The van der Waals surface area contributed by atoms with E-state index in [-0.39, 0.29) is 6.03 Å². The summed E-state index contributed by atoms with van der Waals surface area (Å²) in [5, 5.41) is 3.55. The van der Waals surface area contributed by atoms with Crippen LogP contribution in [0.2, 0.25) is 0 Å². The van der Waals surface area contributed by atoms with E-state index < -0.39 is 0 Å². The molecule has 20 heavy (non-hydrogen) atoms. The number of piperidine rings is 1. The molecule has 1 N–H and O–H groups in total. The van der Waals surface area contributed by atoms with E-state index >= 15 is 0 Å². The predicted molar refractivity (Wildman–Crippen MR) is 81.0 cm³/mol. The van der Waals surface area contributed by atoms with Crippen molar-refractivity contribution in [3.63, 3.8) is 0 Å². The molecule has 1 aliphatic heterocycles. The zero-order valence-corrected chi connectivity index (χ0v) is 12.8. The molecule has 1 aromatic heterocycles. The highest BCUT2D eigenvalue weighted by Crippen LogP contribution is 2.19. The Hall–Kier alpha value is -1.78. The summed E-state index contributed by atoms with van der Waals surface area (Å²) in [6.07, 6.45) is 1.96. The molecule has 0 bridgehead atoms. The highest BCUT2D eigenvalue weighted by molar-refractivity contribution is 5.73. The second kappa shape index (κ2) is 6.11. The van der Waals surface area contributed by atoms with Gasteiger partial charge in [-0.2, -0.15) is 0 Å². The Labute approximate surface area is 121 Å². The van der Waals surface area contributed by atoms with Crippen molar-refractivity contribution in [3.8, 4) is 0 Å². The second-order valence-corrected chi connectivity index (χ2v) is 5.67. The fraction of sp³-hybridized carbons (Fsp3) is 0.600. The number of hydrogen-bond donors (Lipinski definition) is 1. The molecule has 0 saturated carbocycles. The van der Waals surface area contributed by atoms with Gasteiger partial charge in [-0.15, -0.1) is 0 Å². The molecule has 0 unspecified atom stereocenters. The minimum Gasteiger partial charge on any atom is -0.381 e. The molecule has 2 amide bonds. The maximum Gasteiger partial charge on any atom is 0.319 e. The summed E-state index contributed by atoms with van der Waals surface area (Å²) in [4.78, 5) is 19.9. The minimum absolute atomic E-state index is 0.108. The fourth-order valence-electron chi connectivity index (χ4n) is 2.56. The van der Waals surface area contributed by atoms with Gasteiger partial charge in [0, 0.05) is 38.9 Å². The highest BCUT2D eigenvalue weighted by Gasteiger charge is 2.23. The molecular formula is C15H24N4O. The van der Waals surface area contributed by atoms with Crippen LogP contribution in [0.4, 0.5) is 10.5 Å². The van der Waals surface area contributed by atoms with Gasteiger partial charge in [0.25, 0.3) is 0 Å². The molecule has 2 heterocycles. The largest absolute Gasteiger partial charge is 0.381 e. The predicted octanol–water partition coefficient (Wildman–Crippen LogP) is 2.26. The Morgan fingerprint density at radius 3 is 2.50 bits per heavy atom. The molecule has 0 spiro atoms. The fourth-order valence-corrected chi connectivity index (χ4v) is 2.56. The van der Waals surface area contributed by atoms with Crippen molar-refractivity contribution in [2.24, 2.45) is 0 Å². The van der Waals surface area contributed by atoms with Gasteiger partial charge in [-0.05, 0) is 38.8 Å². The summed E-state index contributed by atoms with van der Waals surface area (Å²) in [5.41, 5.74) is 3.18. The Bertz CT molecular complexity index is 479.